The van der Waals surface area contributed by atoms with Crippen LogP contribution in [0.4, 0.5) is 0 Å². The second-order valence-corrected chi connectivity index (χ2v) is 11.2. The van der Waals surface area contributed by atoms with Gasteiger partial charge in [0.2, 0.25) is 10.0 Å². The smallest absolute Gasteiger partial charge is 0.238 e. The zero-order chi connectivity index (χ0) is 26.5. The van der Waals surface area contributed by atoms with Crippen LogP contribution in [0.2, 0.25) is 0 Å². The van der Waals surface area contributed by atoms with Gasteiger partial charge >= 0.3 is 0 Å². The molecule has 0 radical (unpaired) electrons. The molecule has 5 rings (SSSR count). The Morgan fingerprint density at radius 1 is 0.842 bits per heavy atom. The van der Waals surface area contributed by atoms with E-state index >= 15 is 0 Å². The number of phenolic OH excluding ortho intramolecular Hbond substituents is 1. The van der Waals surface area contributed by atoms with Crippen molar-refractivity contribution in [2.75, 3.05) is 26.2 Å². The number of primary sulfonamides is 1. The molecule has 7 nitrogen and oxygen atoms in total. The Labute approximate surface area is 223 Å². The van der Waals surface area contributed by atoms with Gasteiger partial charge in [-0.25, -0.2) is 13.6 Å². The van der Waals surface area contributed by atoms with Gasteiger partial charge in [-0.15, -0.1) is 0 Å². The number of ether oxygens (including phenoxy) is 2. The van der Waals surface area contributed by atoms with Crippen molar-refractivity contribution in [3.05, 3.63) is 90.0 Å². The summed E-state index contributed by atoms with van der Waals surface area (Å²) in [5.41, 5.74) is 1.84. The van der Waals surface area contributed by atoms with E-state index in [0.717, 1.165) is 47.3 Å². The first-order chi connectivity index (χ1) is 18.3. The van der Waals surface area contributed by atoms with E-state index in [2.05, 4.69) is 4.90 Å². The van der Waals surface area contributed by atoms with Crippen molar-refractivity contribution in [1.82, 2.24) is 4.90 Å². The Balaban J connectivity index is 1.34. The van der Waals surface area contributed by atoms with Crippen LogP contribution in [0.3, 0.4) is 0 Å². The second-order valence-electron chi connectivity index (χ2n) is 9.65. The van der Waals surface area contributed by atoms with Crippen LogP contribution in [0.5, 0.6) is 23.0 Å². The Morgan fingerprint density at radius 3 is 2.26 bits per heavy atom. The second kappa shape index (κ2) is 11.4. The summed E-state index contributed by atoms with van der Waals surface area (Å²) in [7, 11) is -3.75. The van der Waals surface area contributed by atoms with E-state index in [-0.39, 0.29) is 10.6 Å². The maximum absolute atomic E-state index is 11.6. The van der Waals surface area contributed by atoms with Gasteiger partial charge in [0, 0.05) is 18.4 Å². The maximum atomic E-state index is 11.6. The number of benzene rings is 4. The molecule has 198 valence electrons. The van der Waals surface area contributed by atoms with Gasteiger partial charge in [-0.1, -0.05) is 30.7 Å². The predicted octanol–water partition coefficient (Wildman–Crippen LogP) is 5.44. The molecule has 1 aliphatic heterocycles. The highest BCUT2D eigenvalue weighted by molar-refractivity contribution is 7.89. The zero-order valence-corrected chi connectivity index (χ0v) is 22.0. The summed E-state index contributed by atoms with van der Waals surface area (Å²) in [6, 6.07) is 23.2. The SMILES string of the molecule is NS(=O)(=O)c1ccc(Cc2ccc3cc(O)ccc3c2Oc2ccc(OCCN3CCCCC3)cc2)cc1. The summed E-state index contributed by atoms with van der Waals surface area (Å²) in [5.74, 6) is 2.32. The number of aromatic hydroxyl groups is 1. The Kier molecular flexibility index (Phi) is 7.83. The molecule has 1 aliphatic rings. The molecule has 1 heterocycles. The van der Waals surface area contributed by atoms with Crippen LogP contribution in [-0.2, 0) is 16.4 Å². The van der Waals surface area contributed by atoms with E-state index in [1.165, 1.54) is 31.4 Å². The Bertz CT molecular complexity index is 1500. The van der Waals surface area contributed by atoms with E-state index in [9.17, 15) is 13.5 Å². The van der Waals surface area contributed by atoms with Crippen molar-refractivity contribution in [1.29, 1.82) is 0 Å². The number of hydrogen-bond donors (Lipinski definition) is 2. The Hall–Kier alpha value is -3.59. The molecule has 8 heteroatoms. The van der Waals surface area contributed by atoms with E-state index < -0.39 is 10.0 Å². The number of fused-ring (bicyclic) bond motifs is 1. The molecule has 0 aromatic heterocycles. The van der Waals surface area contributed by atoms with Gasteiger partial charge < -0.3 is 14.6 Å². The average molecular weight is 533 g/mol. The fraction of sp³-hybridized carbons (Fsp3) is 0.267. The van der Waals surface area contributed by atoms with E-state index in [1.807, 2.05) is 42.5 Å². The number of sulfonamides is 1. The molecule has 0 atom stereocenters. The van der Waals surface area contributed by atoms with Crippen LogP contribution in [0.15, 0.2) is 83.8 Å². The van der Waals surface area contributed by atoms with Crippen molar-refractivity contribution in [2.45, 2.75) is 30.6 Å². The summed E-state index contributed by atoms with van der Waals surface area (Å²) in [6.07, 6.45) is 4.38. The van der Waals surface area contributed by atoms with Gasteiger partial charge in [0.05, 0.1) is 4.90 Å². The van der Waals surface area contributed by atoms with Crippen molar-refractivity contribution in [2.24, 2.45) is 5.14 Å². The van der Waals surface area contributed by atoms with Crippen LogP contribution in [0.25, 0.3) is 10.8 Å². The molecule has 0 aliphatic carbocycles. The molecule has 3 N–H and O–H groups in total. The quantitative estimate of drug-likeness (QED) is 0.298. The highest BCUT2D eigenvalue weighted by Crippen LogP contribution is 2.37. The molecular formula is C30H32N2O5S. The summed E-state index contributed by atoms with van der Waals surface area (Å²) < 4.78 is 35.6. The van der Waals surface area contributed by atoms with Crippen molar-refractivity contribution in [3.8, 4) is 23.0 Å². The van der Waals surface area contributed by atoms with Gasteiger partial charge in [-0.05, 0) is 97.0 Å². The first-order valence-electron chi connectivity index (χ1n) is 12.8. The standard InChI is InChI=1S/C30H32N2O5S/c31-38(34,35)28-13-4-22(5-14-28)20-24-7-6-23-21-25(33)8-15-29(23)30(24)37-27-11-9-26(10-12-27)36-19-18-32-16-2-1-3-17-32/h4-15,21,33H,1-3,16-20H2,(H2,31,34,35). The van der Waals surface area contributed by atoms with E-state index in [4.69, 9.17) is 14.6 Å². The number of phenols is 1. The summed E-state index contributed by atoms with van der Waals surface area (Å²) in [5, 5.41) is 16.9. The minimum absolute atomic E-state index is 0.0740. The normalized spacial score (nSPS) is 14.4. The fourth-order valence-electron chi connectivity index (χ4n) is 4.81. The summed E-state index contributed by atoms with van der Waals surface area (Å²) in [6.45, 7) is 3.89. The predicted molar refractivity (Wildman–Crippen MR) is 149 cm³/mol. The molecule has 38 heavy (non-hydrogen) atoms. The van der Waals surface area contributed by atoms with Gasteiger partial charge in [-0.3, -0.25) is 4.90 Å². The van der Waals surface area contributed by atoms with Crippen LogP contribution in [-0.4, -0.2) is 44.7 Å². The lowest BCUT2D eigenvalue weighted by Crippen LogP contribution is -2.33. The van der Waals surface area contributed by atoms with Crippen LogP contribution >= 0.6 is 0 Å². The third-order valence-electron chi connectivity index (χ3n) is 6.85. The number of likely N-dealkylation sites (tertiary alicyclic amines) is 1. The fourth-order valence-corrected chi connectivity index (χ4v) is 5.32. The molecule has 4 aromatic rings. The molecule has 0 amide bonds. The van der Waals surface area contributed by atoms with E-state index in [1.54, 1.807) is 24.3 Å². The zero-order valence-electron chi connectivity index (χ0n) is 21.2. The topological polar surface area (TPSA) is 102 Å². The van der Waals surface area contributed by atoms with E-state index in [0.29, 0.717) is 24.5 Å². The third kappa shape index (κ3) is 6.45. The van der Waals surface area contributed by atoms with Crippen molar-refractivity contribution < 1.29 is 23.0 Å². The lowest BCUT2D eigenvalue weighted by Gasteiger charge is -2.26. The lowest BCUT2D eigenvalue weighted by molar-refractivity contribution is 0.183. The van der Waals surface area contributed by atoms with Gasteiger partial charge in [-0.2, -0.15) is 0 Å². The monoisotopic (exact) mass is 532 g/mol. The van der Waals surface area contributed by atoms with Crippen molar-refractivity contribution in [3.63, 3.8) is 0 Å². The first kappa shape index (κ1) is 26.0. The number of rotatable bonds is 9. The molecule has 0 spiro atoms. The molecular weight excluding hydrogens is 500 g/mol. The highest BCUT2D eigenvalue weighted by Gasteiger charge is 2.14. The molecule has 1 fully saturated rings. The van der Waals surface area contributed by atoms with Gasteiger partial charge in [0.25, 0.3) is 0 Å². The molecule has 0 bridgehead atoms. The van der Waals surface area contributed by atoms with Crippen LogP contribution in [0.1, 0.15) is 30.4 Å². The lowest BCUT2D eigenvalue weighted by atomic mass is 9.99. The largest absolute Gasteiger partial charge is 0.508 e. The minimum Gasteiger partial charge on any atom is -0.508 e. The number of hydrogen-bond acceptors (Lipinski definition) is 6. The number of nitrogens with two attached hydrogens (primary N) is 1. The molecule has 1 saturated heterocycles. The molecule has 0 unspecified atom stereocenters. The number of piperidine rings is 1. The Morgan fingerprint density at radius 2 is 1.55 bits per heavy atom. The summed E-state index contributed by atoms with van der Waals surface area (Å²) >= 11 is 0. The van der Waals surface area contributed by atoms with Crippen LogP contribution in [0, 0.1) is 0 Å². The minimum atomic E-state index is -3.75. The van der Waals surface area contributed by atoms with Crippen molar-refractivity contribution >= 4 is 20.8 Å². The maximum Gasteiger partial charge on any atom is 0.238 e. The average Bonchev–Trinajstić information content (AvgIpc) is 2.91. The molecule has 4 aromatic carbocycles. The first-order valence-corrected chi connectivity index (χ1v) is 14.4. The van der Waals surface area contributed by atoms with Gasteiger partial charge in [0.1, 0.15) is 29.6 Å². The van der Waals surface area contributed by atoms with Crippen LogP contribution < -0.4 is 14.6 Å². The van der Waals surface area contributed by atoms with Gasteiger partial charge in [0.15, 0.2) is 0 Å². The highest BCUT2D eigenvalue weighted by atomic mass is 32.2. The number of nitrogens with zero attached hydrogens (tertiary/aromatic N) is 1. The summed E-state index contributed by atoms with van der Waals surface area (Å²) in [4.78, 5) is 2.52. The third-order valence-corrected chi connectivity index (χ3v) is 7.78. The molecule has 0 saturated carbocycles.